The van der Waals surface area contributed by atoms with Gasteiger partial charge in [-0.1, -0.05) is 36.2 Å². The van der Waals surface area contributed by atoms with Gasteiger partial charge in [-0.15, -0.1) is 0 Å². The first-order chi connectivity index (χ1) is 8.13. The average Bonchev–Trinajstić information content (AvgIpc) is 2.28. The summed E-state index contributed by atoms with van der Waals surface area (Å²) in [5, 5.41) is 9.17. The van der Waals surface area contributed by atoms with Crippen LogP contribution in [0.2, 0.25) is 0 Å². The number of aryl methyl sites for hydroxylation is 1. The van der Waals surface area contributed by atoms with Crippen molar-refractivity contribution in [3.05, 3.63) is 35.4 Å². The molecule has 17 heavy (non-hydrogen) atoms. The molecular formula is C14H21NO2. The summed E-state index contributed by atoms with van der Waals surface area (Å²) < 4.78 is 0. The van der Waals surface area contributed by atoms with Gasteiger partial charge in [-0.2, -0.15) is 0 Å². The van der Waals surface area contributed by atoms with Crippen LogP contribution in [-0.4, -0.2) is 17.6 Å². The number of rotatable bonds is 7. The number of aliphatic carboxylic acids is 1. The highest BCUT2D eigenvalue weighted by molar-refractivity contribution is 5.70. The molecule has 1 aromatic rings. The van der Waals surface area contributed by atoms with E-state index in [1.807, 2.05) is 25.1 Å². The molecule has 1 rings (SSSR count). The number of carboxylic acid groups (broad SMARTS) is 1. The predicted molar refractivity (Wildman–Crippen MR) is 68.9 cm³/mol. The summed E-state index contributed by atoms with van der Waals surface area (Å²) in [4.78, 5) is 11.2. The van der Waals surface area contributed by atoms with Crippen LogP contribution in [0.15, 0.2) is 24.3 Å². The highest BCUT2D eigenvalue weighted by atomic mass is 16.4. The van der Waals surface area contributed by atoms with E-state index in [9.17, 15) is 9.90 Å². The van der Waals surface area contributed by atoms with Gasteiger partial charge in [0.2, 0.25) is 0 Å². The lowest BCUT2D eigenvalue weighted by atomic mass is 9.93. The van der Waals surface area contributed by atoms with Gasteiger partial charge in [-0.05, 0) is 38.3 Å². The highest BCUT2D eigenvalue weighted by Gasteiger charge is 2.17. The maximum Gasteiger partial charge on any atom is 0.306 e. The summed E-state index contributed by atoms with van der Waals surface area (Å²) in [6.45, 7) is 2.66. The van der Waals surface area contributed by atoms with Crippen LogP contribution in [0.1, 0.15) is 30.4 Å². The molecule has 3 N–H and O–H groups in total. The molecule has 0 aliphatic carbocycles. The van der Waals surface area contributed by atoms with Gasteiger partial charge >= 0.3 is 5.97 Å². The van der Waals surface area contributed by atoms with Crippen molar-refractivity contribution in [3.8, 4) is 0 Å². The zero-order valence-electron chi connectivity index (χ0n) is 10.4. The Hall–Kier alpha value is -1.35. The third-order valence-electron chi connectivity index (χ3n) is 2.92. The fourth-order valence-corrected chi connectivity index (χ4v) is 1.97. The minimum absolute atomic E-state index is 0.289. The van der Waals surface area contributed by atoms with Crippen LogP contribution in [0.4, 0.5) is 0 Å². The fraction of sp³-hybridized carbons (Fsp3) is 0.500. The van der Waals surface area contributed by atoms with Gasteiger partial charge in [0, 0.05) is 0 Å². The van der Waals surface area contributed by atoms with Crippen molar-refractivity contribution in [2.75, 3.05) is 6.54 Å². The van der Waals surface area contributed by atoms with Crippen LogP contribution in [0.25, 0.3) is 0 Å². The van der Waals surface area contributed by atoms with Crippen molar-refractivity contribution in [1.82, 2.24) is 0 Å². The quantitative estimate of drug-likeness (QED) is 0.713. The van der Waals surface area contributed by atoms with Crippen LogP contribution in [-0.2, 0) is 11.2 Å². The van der Waals surface area contributed by atoms with E-state index in [4.69, 9.17) is 5.73 Å². The molecule has 3 nitrogen and oxygen atoms in total. The molecule has 0 radical (unpaired) electrons. The SMILES string of the molecule is Cc1cccc(CC(CCCCN)C(=O)O)c1. The molecule has 0 aliphatic heterocycles. The van der Waals surface area contributed by atoms with E-state index >= 15 is 0 Å². The van der Waals surface area contributed by atoms with E-state index in [1.54, 1.807) is 0 Å². The van der Waals surface area contributed by atoms with Gasteiger partial charge in [-0.25, -0.2) is 0 Å². The molecule has 0 bridgehead atoms. The lowest BCUT2D eigenvalue weighted by Gasteiger charge is -2.12. The van der Waals surface area contributed by atoms with Crippen LogP contribution in [0, 0.1) is 12.8 Å². The van der Waals surface area contributed by atoms with Crippen molar-refractivity contribution in [2.24, 2.45) is 11.7 Å². The third-order valence-corrected chi connectivity index (χ3v) is 2.92. The number of carboxylic acids is 1. The van der Waals surface area contributed by atoms with Crippen molar-refractivity contribution >= 4 is 5.97 Å². The molecule has 0 heterocycles. The molecule has 3 heteroatoms. The molecule has 0 aliphatic rings. The van der Waals surface area contributed by atoms with Crippen LogP contribution in [0.3, 0.4) is 0 Å². The Morgan fingerprint density at radius 1 is 1.41 bits per heavy atom. The van der Waals surface area contributed by atoms with Gasteiger partial charge < -0.3 is 10.8 Å². The summed E-state index contributed by atoms with van der Waals surface area (Å²) in [5.74, 6) is -0.994. The van der Waals surface area contributed by atoms with E-state index in [0.717, 1.165) is 18.4 Å². The van der Waals surface area contributed by atoms with Gasteiger partial charge in [0.15, 0.2) is 0 Å². The van der Waals surface area contributed by atoms with Crippen molar-refractivity contribution < 1.29 is 9.90 Å². The molecule has 1 aromatic carbocycles. The predicted octanol–water partition coefficient (Wildman–Crippen LogP) is 2.37. The normalized spacial score (nSPS) is 12.4. The first-order valence-electron chi connectivity index (χ1n) is 6.12. The van der Waals surface area contributed by atoms with Crippen LogP contribution >= 0.6 is 0 Å². The Kier molecular flexibility index (Phi) is 5.70. The van der Waals surface area contributed by atoms with Crippen LogP contribution < -0.4 is 5.73 Å². The maximum atomic E-state index is 11.2. The Morgan fingerprint density at radius 2 is 2.18 bits per heavy atom. The minimum Gasteiger partial charge on any atom is -0.481 e. The molecule has 0 aromatic heterocycles. The molecule has 0 amide bonds. The van der Waals surface area contributed by atoms with E-state index in [2.05, 4.69) is 6.07 Å². The number of carbonyl (C=O) groups is 1. The standard InChI is InChI=1S/C14H21NO2/c1-11-5-4-6-12(9-11)10-13(14(16)17)7-2-3-8-15/h4-6,9,13H,2-3,7-8,10,15H2,1H3,(H,16,17). The minimum atomic E-state index is -0.705. The third kappa shape index (κ3) is 5.00. The summed E-state index contributed by atoms with van der Waals surface area (Å²) in [7, 11) is 0. The van der Waals surface area contributed by atoms with Gasteiger partial charge in [-0.3, -0.25) is 4.79 Å². The van der Waals surface area contributed by atoms with Gasteiger partial charge in [0.1, 0.15) is 0 Å². The van der Waals surface area contributed by atoms with E-state index < -0.39 is 5.97 Å². The Balaban J connectivity index is 2.57. The summed E-state index contributed by atoms with van der Waals surface area (Å²) in [6.07, 6.45) is 3.11. The molecule has 0 fully saturated rings. The second-order valence-electron chi connectivity index (χ2n) is 4.51. The smallest absolute Gasteiger partial charge is 0.306 e. The number of hydrogen-bond acceptors (Lipinski definition) is 2. The highest BCUT2D eigenvalue weighted by Crippen LogP contribution is 2.16. The number of benzene rings is 1. The van der Waals surface area contributed by atoms with Gasteiger partial charge in [0.25, 0.3) is 0 Å². The Bertz CT molecular complexity index is 363. The zero-order chi connectivity index (χ0) is 12.7. The van der Waals surface area contributed by atoms with Crippen molar-refractivity contribution in [2.45, 2.75) is 32.6 Å². The first kappa shape index (κ1) is 13.7. The second-order valence-corrected chi connectivity index (χ2v) is 4.51. The summed E-state index contributed by atoms with van der Waals surface area (Å²) in [6, 6.07) is 8.04. The van der Waals surface area contributed by atoms with E-state index in [1.165, 1.54) is 5.56 Å². The largest absolute Gasteiger partial charge is 0.481 e. The lowest BCUT2D eigenvalue weighted by Crippen LogP contribution is -2.17. The number of unbranched alkanes of at least 4 members (excludes halogenated alkanes) is 1. The monoisotopic (exact) mass is 235 g/mol. The molecular weight excluding hydrogens is 214 g/mol. The second kappa shape index (κ2) is 7.07. The maximum absolute atomic E-state index is 11.2. The summed E-state index contributed by atoms with van der Waals surface area (Å²) >= 11 is 0. The molecule has 0 saturated heterocycles. The number of nitrogens with two attached hydrogens (primary N) is 1. The number of hydrogen-bond donors (Lipinski definition) is 2. The lowest BCUT2D eigenvalue weighted by molar-refractivity contribution is -0.142. The fourth-order valence-electron chi connectivity index (χ4n) is 1.97. The molecule has 1 unspecified atom stereocenters. The molecule has 0 saturated carbocycles. The van der Waals surface area contributed by atoms with Gasteiger partial charge in [0.05, 0.1) is 5.92 Å². The zero-order valence-corrected chi connectivity index (χ0v) is 10.4. The van der Waals surface area contributed by atoms with Crippen molar-refractivity contribution in [3.63, 3.8) is 0 Å². The Morgan fingerprint density at radius 3 is 2.76 bits per heavy atom. The first-order valence-corrected chi connectivity index (χ1v) is 6.12. The average molecular weight is 235 g/mol. The topological polar surface area (TPSA) is 63.3 Å². The summed E-state index contributed by atoms with van der Waals surface area (Å²) in [5.41, 5.74) is 7.69. The van der Waals surface area contributed by atoms with E-state index in [-0.39, 0.29) is 5.92 Å². The molecule has 1 atom stereocenters. The van der Waals surface area contributed by atoms with Crippen molar-refractivity contribution in [1.29, 1.82) is 0 Å². The molecule has 0 spiro atoms. The Labute approximate surface area is 103 Å². The van der Waals surface area contributed by atoms with E-state index in [0.29, 0.717) is 19.4 Å². The molecule has 94 valence electrons. The van der Waals surface area contributed by atoms with Crippen LogP contribution in [0.5, 0.6) is 0 Å².